The summed E-state index contributed by atoms with van der Waals surface area (Å²) in [7, 11) is 0. The molecule has 28 heavy (non-hydrogen) atoms. The molecule has 3 unspecified atom stereocenters. The van der Waals surface area contributed by atoms with E-state index in [9.17, 15) is 9.59 Å². The number of fused-ring (bicyclic) bond motifs is 3. The number of nitrogens with zero attached hydrogens (tertiary/aromatic N) is 3. The summed E-state index contributed by atoms with van der Waals surface area (Å²) in [5, 5.41) is 0. The predicted octanol–water partition coefficient (Wildman–Crippen LogP) is 3.38. The number of aliphatic imine (C=N–C) groups is 1. The molecule has 5 rings (SSSR count). The van der Waals surface area contributed by atoms with Crippen molar-refractivity contribution in [3.8, 4) is 0 Å². The highest BCUT2D eigenvalue weighted by Gasteiger charge is 2.56. The second-order valence-corrected chi connectivity index (χ2v) is 7.56. The Hall–Kier alpha value is -3.21. The number of amidine groups is 1. The molecule has 2 aromatic carbocycles. The van der Waals surface area contributed by atoms with Gasteiger partial charge in [-0.2, -0.15) is 0 Å². The zero-order valence-corrected chi connectivity index (χ0v) is 15.7. The van der Waals surface area contributed by atoms with Crippen molar-refractivity contribution in [2.75, 3.05) is 4.90 Å². The molecule has 0 N–H and O–H groups in total. The van der Waals surface area contributed by atoms with Gasteiger partial charge in [0.25, 0.3) is 0 Å². The Labute approximate surface area is 164 Å². The third-order valence-corrected chi connectivity index (χ3v) is 5.95. The molecule has 0 bridgehead atoms. The Balaban J connectivity index is 1.51. The van der Waals surface area contributed by atoms with Crippen LogP contribution in [0.1, 0.15) is 18.9 Å². The molecule has 1 aliphatic carbocycles. The first-order chi connectivity index (χ1) is 13.6. The molecule has 0 saturated carbocycles. The minimum atomic E-state index is -0.391. The summed E-state index contributed by atoms with van der Waals surface area (Å²) >= 11 is 0. The van der Waals surface area contributed by atoms with Gasteiger partial charge in [0, 0.05) is 6.54 Å². The zero-order valence-electron chi connectivity index (χ0n) is 15.7. The van der Waals surface area contributed by atoms with Crippen molar-refractivity contribution in [3.63, 3.8) is 0 Å². The molecule has 2 aromatic rings. The summed E-state index contributed by atoms with van der Waals surface area (Å²) in [6.45, 7) is 2.65. The van der Waals surface area contributed by atoms with Crippen molar-refractivity contribution in [1.29, 1.82) is 0 Å². The van der Waals surface area contributed by atoms with Gasteiger partial charge in [-0.15, -0.1) is 0 Å². The number of imide groups is 1. The van der Waals surface area contributed by atoms with Gasteiger partial charge in [-0.1, -0.05) is 54.6 Å². The lowest BCUT2D eigenvalue weighted by atomic mass is 9.79. The summed E-state index contributed by atoms with van der Waals surface area (Å²) in [5.41, 5.74) is 2.74. The van der Waals surface area contributed by atoms with E-state index in [4.69, 9.17) is 4.99 Å². The highest BCUT2D eigenvalue weighted by Crippen LogP contribution is 2.44. The average Bonchev–Trinajstić information content (AvgIpc) is 3.17. The lowest BCUT2D eigenvalue weighted by Crippen LogP contribution is -2.45. The van der Waals surface area contributed by atoms with Crippen molar-refractivity contribution in [1.82, 2.24) is 4.90 Å². The van der Waals surface area contributed by atoms with Crippen LogP contribution in [0.25, 0.3) is 0 Å². The van der Waals surface area contributed by atoms with E-state index in [-0.39, 0.29) is 23.8 Å². The normalized spacial score (nSPS) is 26.1. The predicted molar refractivity (Wildman–Crippen MR) is 107 cm³/mol. The summed E-state index contributed by atoms with van der Waals surface area (Å²) in [5.74, 6) is -0.0157. The third-order valence-electron chi connectivity index (χ3n) is 5.95. The molecule has 0 aromatic heterocycles. The fourth-order valence-corrected chi connectivity index (χ4v) is 4.65. The van der Waals surface area contributed by atoms with Crippen LogP contribution in [-0.4, -0.2) is 28.6 Å². The fourth-order valence-electron chi connectivity index (χ4n) is 4.65. The summed E-state index contributed by atoms with van der Waals surface area (Å²) < 4.78 is 0. The van der Waals surface area contributed by atoms with Crippen LogP contribution in [0.15, 0.2) is 77.4 Å². The molecule has 1 saturated heterocycles. The Morgan fingerprint density at radius 3 is 2.36 bits per heavy atom. The van der Waals surface area contributed by atoms with E-state index in [1.165, 1.54) is 4.90 Å². The molecule has 3 aliphatic rings. The number of amides is 2. The van der Waals surface area contributed by atoms with E-state index < -0.39 is 5.92 Å². The number of allylic oxidation sites excluding steroid dienone is 1. The van der Waals surface area contributed by atoms with Crippen molar-refractivity contribution in [3.05, 3.63) is 78.0 Å². The maximum atomic E-state index is 13.4. The lowest BCUT2D eigenvalue weighted by Gasteiger charge is -2.34. The van der Waals surface area contributed by atoms with E-state index in [0.717, 1.165) is 17.1 Å². The molecule has 2 aliphatic heterocycles. The van der Waals surface area contributed by atoms with E-state index in [1.54, 1.807) is 0 Å². The number of carbonyl (C=O) groups is 2. The SMILES string of the molecule is CC1=NC2=CCC3C(=O)N(c4ccccc4)C(=O)C3C2N1Cc1ccccc1. The van der Waals surface area contributed by atoms with Crippen LogP contribution in [0.3, 0.4) is 0 Å². The van der Waals surface area contributed by atoms with Gasteiger partial charge in [0.1, 0.15) is 5.84 Å². The van der Waals surface area contributed by atoms with E-state index >= 15 is 0 Å². The number of hydrogen-bond acceptors (Lipinski definition) is 4. The van der Waals surface area contributed by atoms with Crippen LogP contribution in [0.2, 0.25) is 0 Å². The number of para-hydroxylation sites is 1. The molecule has 5 heteroatoms. The Morgan fingerprint density at radius 2 is 1.64 bits per heavy atom. The maximum absolute atomic E-state index is 13.4. The second kappa shape index (κ2) is 6.44. The van der Waals surface area contributed by atoms with Crippen molar-refractivity contribution in [2.24, 2.45) is 16.8 Å². The van der Waals surface area contributed by atoms with E-state index in [2.05, 4.69) is 17.0 Å². The Bertz CT molecular complexity index is 997. The van der Waals surface area contributed by atoms with Crippen molar-refractivity contribution in [2.45, 2.75) is 25.9 Å². The number of rotatable bonds is 3. The first-order valence-electron chi connectivity index (χ1n) is 9.64. The number of carbonyl (C=O) groups excluding carboxylic acids is 2. The van der Waals surface area contributed by atoms with Crippen LogP contribution < -0.4 is 4.90 Å². The molecule has 3 atom stereocenters. The third kappa shape index (κ3) is 2.50. The second-order valence-electron chi connectivity index (χ2n) is 7.56. The van der Waals surface area contributed by atoms with Crippen molar-refractivity contribution < 1.29 is 9.59 Å². The number of anilines is 1. The van der Waals surface area contributed by atoms with Gasteiger partial charge in [-0.25, -0.2) is 9.89 Å². The summed E-state index contributed by atoms with van der Waals surface area (Å²) in [6.07, 6.45) is 2.61. The van der Waals surface area contributed by atoms with Crippen LogP contribution in [0.5, 0.6) is 0 Å². The molecular formula is C23H21N3O2. The molecule has 5 nitrogen and oxygen atoms in total. The van der Waals surface area contributed by atoms with Gasteiger partial charge in [0.15, 0.2) is 0 Å². The van der Waals surface area contributed by atoms with Gasteiger partial charge >= 0.3 is 0 Å². The summed E-state index contributed by atoms with van der Waals surface area (Å²) in [6, 6.07) is 19.2. The van der Waals surface area contributed by atoms with E-state index in [1.807, 2.05) is 61.5 Å². The Kier molecular flexibility index (Phi) is 3.90. The van der Waals surface area contributed by atoms with Gasteiger partial charge in [-0.05, 0) is 31.0 Å². The largest absolute Gasteiger partial charge is 0.347 e. The fraction of sp³-hybridized carbons (Fsp3) is 0.261. The summed E-state index contributed by atoms with van der Waals surface area (Å²) in [4.78, 5) is 34.8. The molecule has 0 spiro atoms. The standard InChI is InChI=1S/C23H21N3O2/c1-15-24-19-13-12-18-20(21(19)25(15)14-16-8-4-2-5-9-16)23(28)26(22(18)27)17-10-6-3-7-11-17/h2-11,13,18,20-21H,12,14H2,1H3. The molecule has 0 radical (unpaired) electrons. The van der Waals surface area contributed by atoms with Crippen molar-refractivity contribution >= 4 is 23.3 Å². The van der Waals surface area contributed by atoms with E-state index in [0.29, 0.717) is 18.7 Å². The first kappa shape index (κ1) is 16.9. The maximum Gasteiger partial charge on any atom is 0.240 e. The average molecular weight is 371 g/mol. The monoisotopic (exact) mass is 371 g/mol. The Morgan fingerprint density at radius 1 is 0.964 bits per heavy atom. The highest BCUT2D eigenvalue weighted by molar-refractivity contribution is 6.22. The lowest BCUT2D eigenvalue weighted by molar-refractivity contribution is -0.122. The van der Waals surface area contributed by atoms with Gasteiger partial charge in [0.05, 0.1) is 29.3 Å². The zero-order chi connectivity index (χ0) is 19.3. The molecular weight excluding hydrogens is 350 g/mol. The molecule has 140 valence electrons. The van der Waals surface area contributed by atoms with Crippen LogP contribution in [0, 0.1) is 11.8 Å². The van der Waals surface area contributed by atoms with Crippen LogP contribution in [-0.2, 0) is 16.1 Å². The topological polar surface area (TPSA) is 53.0 Å². The van der Waals surface area contributed by atoms with Gasteiger partial charge < -0.3 is 4.90 Å². The number of hydrogen-bond donors (Lipinski definition) is 0. The van der Waals surface area contributed by atoms with Crippen LogP contribution >= 0.6 is 0 Å². The minimum absolute atomic E-state index is 0.0966. The minimum Gasteiger partial charge on any atom is -0.347 e. The first-order valence-corrected chi connectivity index (χ1v) is 9.64. The van der Waals surface area contributed by atoms with Crippen LogP contribution in [0.4, 0.5) is 5.69 Å². The molecule has 2 heterocycles. The highest BCUT2D eigenvalue weighted by atomic mass is 16.2. The van der Waals surface area contributed by atoms with Gasteiger partial charge in [-0.3, -0.25) is 9.59 Å². The molecule has 1 fully saturated rings. The molecule has 2 amide bonds. The quantitative estimate of drug-likeness (QED) is 0.777. The van der Waals surface area contributed by atoms with Gasteiger partial charge in [0.2, 0.25) is 11.8 Å². The number of benzene rings is 2. The smallest absolute Gasteiger partial charge is 0.240 e.